The predicted molar refractivity (Wildman–Crippen MR) is 120 cm³/mol. The van der Waals surface area contributed by atoms with Gasteiger partial charge in [-0.15, -0.1) is 11.8 Å². The number of rotatable bonds is 6. The molecule has 7 nitrogen and oxygen atoms in total. The lowest BCUT2D eigenvalue weighted by molar-refractivity contribution is -0.137. The van der Waals surface area contributed by atoms with E-state index in [9.17, 15) is 35.6 Å². The molecule has 2 atom stereocenters. The van der Waals surface area contributed by atoms with E-state index in [1.807, 2.05) is 0 Å². The van der Waals surface area contributed by atoms with Gasteiger partial charge in [-0.1, -0.05) is 6.07 Å². The molecule has 1 aromatic heterocycles. The number of pyridine rings is 1. The summed E-state index contributed by atoms with van der Waals surface area (Å²) in [5.74, 6) is -1.91. The van der Waals surface area contributed by atoms with Gasteiger partial charge in [0.1, 0.15) is 11.9 Å². The number of sulfone groups is 1. The maximum Gasteiger partial charge on any atom is 0.416 e. The molecule has 1 aliphatic heterocycles. The number of nitrogens with one attached hydrogen (secondary N) is 1. The van der Waals surface area contributed by atoms with Crippen molar-refractivity contribution < 1.29 is 35.6 Å². The number of aromatic nitrogens is 1. The number of halogens is 4. The van der Waals surface area contributed by atoms with Crippen LogP contribution in [0.1, 0.15) is 40.4 Å². The Morgan fingerprint density at radius 1 is 1.20 bits per heavy atom. The monoisotopic (exact) mass is 531 g/mol. The van der Waals surface area contributed by atoms with E-state index in [2.05, 4.69) is 10.3 Å². The van der Waals surface area contributed by atoms with E-state index < -0.39 is 51.3 Å². The average Bonchev–Trinajstić information content (AvgIpc) is 3.51. The van der Waals surface area contributed by atoms with Crippen molar-refractivity contribution in [2.24, 2.45) is 5.92 Å². The first-order valence-corrected chi connectivity index (χ1v) is 13.6. The molecule has 1 aliphatic carbocycles. The number of hydrogen-bond donors (Lipinski definition) is 1. The molecule has 0 bridgehead atoms. The van der Waals surface area contributed by atoms with Crippen molar-refractivity contribution in [2.45, 2.75) is 36.0 Å². The second-order valence-corrected chi connectivity index (χ2v) is 11.5. The number of carbonyl (C=O) groups is 2. The summed E-state index contributed by atoms with van der Waals surface area (Å²) < 4.78 is 77.0. The zero-order valence-corrected chi connectivity index (χ0v) is 20.0. The summed E-state index contributed by atoms with van der Waals surface area (Å²) in [5.41, 5.74) is -1.16. The maximum atomic E-state index is 14.6. The van der Waals surface area contributed by atoms with Crippen molar-refractivity contribution in [2.75, 3.05) is 17.9 Å². The lowest BCUT2D eigenvalue weighted by Crippen LogP contribution is -2.48. The zero-order valence-electron chi connectivity index (χ0n) is 18.4. The van der Waals surface area contributed by atoms with Crippen LogP contribution in [0.15, 0.2) is 41.6 Å². The number of thioether (sulfide) groups is 1. The number of alkyl halides is 3. The maximum absolute atomic E-state index is 14.6. The summed E-state index contributed by atoms with van der Waals surface area (Å²) in [6.45, 7) is 0. The number of amides is 2. The molecule has 0 spiro atoms. The Morgan fingerprint density at radius 2 is 1.91 bits per heavy atom. The van der Waals surface area contributed by atoms with Crippen LogP contribution in [0.3, 0.4) is 0 Å². The van der Waals surface area contributed by atoms with Crippen molar-refractivity contribution >= 4 is 33.4 Å². The Balaban J connectivity index is 1.54. The van der Waals surface area contributed by atoms with Crippen LogP contribution >= 0.6 is 11.8 Å². The van der Waals surface area contributed by atoms with Crippen molar-refractivity contribution in [1.29, 1.82) is 0 Å². The van der Waals surface area contributed by atoms with Gasteiger partial charge in [-0.05, 0) is 37.0 Å². The minimum absolute atomic E-state index is 0.000696. The number of benzene rings is 1. The largest absolute Gasteiger partial charge is 0.416 e. The molecule has 2 fully saturated rings. The fourth-order valence-electron chi connectivity index (χ4n) is 3.85. The molecule has 1 saturated heterocycles. The van der Waals surface area contributed by atoms with E-state index in [-0.39, 0.29) is 33.6 Å². The van der Waals surface area contributed by atoms with Gasteiger partial charge in [0, 0.05) is 30.0 Å². The molecule has 35 heavy (non-hydrogen) atoms. The van der Waals surface area contributed by atoms with Crippen molar-refractivity contribution in [1.82, 2.24) is 15.2 Å². The van der Waals surface area contributed by atoms with E-state index in [1.54, 1.807) is 0 Å². The first-order chi connectivity index (χ1) is 16.4. The first kappa shape index (κ1) is 25.4. The minimum Gasteiger partial charge on any atom is -0.347 e. The van der Waals surface area contributed by atoms with Gasteiger partial charge in [0.2, 0.25) is 5.91 Å². The Kier molecular flexibility index (Phi) is 6.84. The number of carbonyl (C=O) groups excluding carboxylic acids is 2. The van der Waals surface area contributed by atoms with Crippen LogP contribution in [-0.2, 0) is 20.8 Å². The predicted octanol–water partition coefficient (Wildman–Crippen LogP) is 3.43. The van der Waals surface area contributed by atoms with Gasteiger partial charge in [-0.25, -0.2) is 12.8 Å². The highest BCUT2D eigenvalue weighted by Crippen LogP contribution is 2.43. The third-order valence-corrected chi connectivity index (χ3v) is 7.98. The van der Waals surface area contributed by atoms with Crippen LogP contribution in [-0.4, -0.2) is 54.0 Å². The average molecular weight is 532 g/mol. The van der Waals surface area contributed by atoms with Gasteiger partial charge in [-0.2, -0.15) is 13.2 Å². The van der Waals surface area contributed by atoms with E-state index in [0.29, 0.717) is 18.9 Å². The number of nitrogens with zero attached hydrogens (tertiary/aromatic N) is 2. The van der Waals surface area contributed by atoms with Crippen LogP contribution in [0.2, 0.25) is 0 Å². The lowest BCUT2D eigenvalue weighted by Gasteiger charge is -2.26. The van der Waals surface area contributed by atoms with Crippen LogP contribution in [0.25, 0.3) is 0 Å². The summed E-state index contributed by atoms with van der Waals surface area (Å²) in [5, 5.41) is 2.73. The smallest absolute Gasteiger partial charge is 0.347 e. The summed E-state index contributed by atoms with van der Waals surface area (Å²) in [4.78, 5) is 31.1. The molecule has 2 aliphatic rings. The van der Waals surface area contributed by atoms with Gasteiger partial charge in [-0.3, -0.25) is 14.6 Å². The normalized spacial score (nSPS) is 19.5. The van der Waals surface area contributed by atoms with Crippen LogP contribution in [0.4, 0.5) is 17.6 Å². The van der Waals surface area contributed by atoms with Crippen LogP contribution in [0, 0.1) is 11.7 Å². The van der Waals surface area contributed by atoms with Gasteiger partial charge in [0.05, 0.1) is 27.9 Å². The molecule has 1 aromatic carbocycles. The molecular formula is C22H21F4N3O4S2. The van der Waals surface area contributed by atoms with E-state index in [4.69, 9.17) is 0 Å². The van der Waals surface area contributed by atoms with Crippen molar-refractivity contribution in [3.63, 3.8) is 0 Å². The Labute approximate surface area is 203 Å². The molecule has 2 heterocycles. The highest BCUT2D eigenvalue weighted by molar-refractivity contribution is 7.99. The summed E-state index contributed by atoms with van der Waals surface area (Å²) in [6.07, 6.45) is -0.0240. The van der Waals surface area contributed by atoms with Gasteiger partial charge < -0.3 is 10.2 Å². The molecule has 2 aromatic rings. The Bertz CT molecular complexity index is 1270. The summed E-state index contributed by atoms with van der Waals surface area (Å²) in [6, 6.07) is 1.67. The topological polar surface area (TPSA) is 96.4 Å². The molecule has 1 N–H and O–H groups in total. The fraction of sp³-hybridized carbons (Fsp3) is 0.409. The van der Waals surface area contributed by atoms with E-state index in [0.717, 1.165) is 24.6 Å². The summed E-state index contributed by atoms with van der Waals surface area (Å²) >= 11 is 1.31. The first-order valence-electron chi connectivity index (χ1n) is 10.6. The molecule has 0 radical (unpaired) electrons. The van der Waals surface area contributed by atoms with Gasteiger partial charge in [0.25, 0.3) is 5.91 Å². The SMILES string of the molecule is CS(=O)(=O)c1cncc(C(=O)N2CSC[C@@H]2C(=O)N[C@@H](c2ccc(C(F)(F)F)cc2F)C2CC2)c1. The second-order valence-electron chi connectivity index (χ2n) is 8.53. The molecular weight excluding hydrogens is 510 g/mol. The highest BCUT2D eigenvalue weighted by Gasteiger charge is 2.41. The van der Waals surface area contributed by atoms with E-state index >= 15 is 0 Å². The molecule has 1 saturated carbocycles. The van der Waals surface area contributed by atoms with Gasteiger partial charge in [0.15, 0.2) is 9.84 Å². The Morgan fingerprint density at radius 3 is 2.51 bits per heavy atom. The third kappa shape index (κ3) is 5.61. The molecule has 2 amide bonds. The number of hydrogen-bond acceptors (Lipinski definition) is 6. The molecule has 4 rings (SSSR count). The summed E-state index contributed by atoms with van der Waals surface area (Å²) in [7, 11) is -3.60. The standard InChI is InChI=1S/C22H21F4N3O4S2/c1-35(32,33)15-6-13(8-27-9-15)21(31)29-11-34-10-18(29)20(30)28-19(12-2-3-12)16-5-4-14(7-17(16)23)22(24,25)26/h4-9,12,18-19H,2-3,10-11H2,1H3,(H,28,30)/t18-,19-/m1/s1. The van der Waals surface area contributed by atoms with Crippen molar-refractivity contribution in [3.8, 4) is 0 Å². The Hall–Kier alpha value is -2.67. The molecule has 188 valence electrons. The van der Waals surface area contributed by atoms with Crippen LogP contribution in [0.5, 0.6) is 0 Å². The van der Waals surface area contributed by atoms with Crippen LogP contribution < -0.4 is 5.32 Å². The van der Waals surface area contributed by atoms with E-state index in [1.165, 1.54) is 28.9 Å². The lowest BCUT2D eigenvalue weighted by atomic mass is 9.99. The second kappa shape index (κ2) is 9.41. The highest BCUT2D eigenvalue weighted by atomic mass is 32.2. The molecule has 13 heteroatoms. The van der Waals surface area contributed by atoms with Gasteiger partial charge >= 0.3 is 6.18 Å². The van der Waals surface area contributed by atoms with Crippen molar-refractivity contribution in [3.05, 3.63) is 59.2 Å². The third-order valence-electron chi connectivity index (χ3n) is 5.89. The zero-order chi connectivity index (χ0) is 25.5. The minimum atomic E-state index is -4.69. The quantitative estimate of drug-likeness (QED) is 0.574. The molecule has 0 unspecified atom stereocenters. The fourth-order valence-corrected chi connectivity index (χ4v) is 5.60.